The summed E-state index contributed by atoms with van der Waals surface area (Å²) in [7, 11) is 0. The van der Waals surface area contributed by atoms with E-state index in [1.807, 2.05) is 0 Å². The Bertz CT molecular complexity index is 470. The van der Waals surface area contributed by atoms with Gasteiger partial charge in [0.2, 0.25) is 0 Å². The lowest BCUT2D eigenvalue weighted by Crippen LogP contribution is -2.16. The SMILES string of the molecule is C/C(=N\c1c(C)cc(C(C)(C)C)cc1C)C(C)(C)C. The van der Waals surface area contributed by atoms with Crippen LogP contribution in [0.4, 0.5) is 5.69 Å². The summed E-state index contributed by atoms with van der Waals surface area (Å²) in [6.45, 7) is 19.8. The molecule has 1 heteroatoms. The topological polar surface area (TPSA) is 12.4 Å². The zero-order chi connectivity index (χ0) is 15.0. The van der Waals surface area contributed by atoms with Gasteiger partial charge in [-0.2, -0.15) is 0 Å². The maximum atomic E-state index is 4.87. The van der Waals surface area contributed by atoms with Crippen molar-refractivity contribution in [3.63, 3.8) is 0 Å². The number of hydrogen-bond donors (Lipinski definition) is 0. The standard InChI is InChI=1S/C18H29N/c1-12-10-15(18(7,8)9)11-13(2)16(12)19-14(3)17(4,5)6/h10-11H,1-9H3/b19-14+. The van der Waals surface area contributed by atoms with E-state index in [-0.39, 0.29) is 10.8 Å². The molecule has 0 aromatic heterocycles. The fourth-order valence-electron chi connectivity index (χ4n) is 1.90. The summed E-state index contributed by atoms with van der Waals surface area (Å²) in [6, 6.07) is 4.56. The third-order valence-electron chi connectivity index (χ3n) is 3.72. The highest BCUT2D eigenvalue weighted by Crippen LogP contribution is 2.32. The van der Waals surface area contributed by atoms with Gasteiger partial charge in [-0.1, -0.05) is 53.7 Å². The van der Waals surface area contributed by atoms with Crippen molar-refractivity contribution in [2.45, 2.75) is 67.7 Å². The van der Waals surface area contributed by atoms with E-state index in [1.54, 1.807) is 0 Å². The molecule has 1 aromatic rings. The minimum Gasteiger partial charge on any atom is -0.257 e. The van der Waals surface area contributed by atoms with Gasteiger partial charge in [-0.3, -0.25) is 4.99 Å². The fourth-order valence-corrected chi connectivity index (χ4v) is 1.90. The molecule has 0 bridgehead atoms. The molecule has 1 aromatic carbocycles. The predicted octanol–water partition coefficient (Wildman–Crippen LogP) is 5.74. The van der Waals surface area contributed by atoms with E-state index in [1.165, 1.54) is 22.4 Å². The molecule has 1 rings (SSSR count). The maximum absolute atomic E-state index is 4.87. The minimum atomic E-state index is 0.127. The van der Waals surface area contributed by atoms with Gasteiger partial charge in [-0.15, -0.1) is 0 Å². The third-order valence-corrected chi connectivity index (χ3v) is 3.72. The molecule has 19 heavy (non-hydrogen) atoms. The summed E-state index contributed by atoms with van der Waals surface area (Å²) < 4.78 is 0. The molecule has 1 nitrogen and oxygen atoms in total. The van der Waals surface area contributed by atoms with E-state index < -0.39 is 0 Å². The van der Waals surface area contributed by atoms with Crippen molar-refractivity contribution in [1.82, 2.24) is 0 Å². The summed E-state index contributed by atoms with van der Waals surface area (Å²) in [4.78, 5) is 4.87. The Morgan fingerprint density at radius 3 is 1.63 bits per heavy atom. The van der Waals surface area contributed by atoms with Crippen LogP contribution in [0.1, 0.15) is 65.2 Å². The second kappa shape index (κ2) is 5.11. The largest absolute Gasteiger partial charge is 0.257 e. The zero-order valence-corrected chi connectivity index (χ0v) is 14.1. The lowest BCUT2D eigenvalue weighted by atomic mass is 9.84. The van der Waals surface area contributed by atoms with Crippen LogP contribution in [0.2, 0.25) is 0 Å². The molecule has 0 heterocycles. The molecule has 0 atom stereocenters. The second-order valence-electron chi connectivity index (χ2n) is 7.66. The number of aryl methyl sites for hydroxylation is 2. The van der Waals surface area contributed by atoms with Crippen LogP contribution in [0.3, 0.4) is 0 Å². The van der Waals surface area contributed by atoms with Crippen LogP contribution in [0, 0.1) is 19.3 Å². The predicted molar refractivity (Wildman–Crippen MR) is 86.8 cm³/mol. The van der Waals surface area contributed by atoms with Crippen LogP contribution in [-0.4, -0.2) is 5.71 Å². The van der Waals surface area contributed by atoms with Crippen molar-refractivity contribution in [1.29, 1.82) is 0 Å². The van der Waals surface area contributed by atoms with Crippen molar-refractivity contribution in [2.24, 2.45) is 10.4 Å². The van der Waals surface area contributed by atoms with Gasteiger partial charge >= 0.3 is 0 Å². The Hall–Kier alpha value is -1.11. The van der Waals surface area contributed by atoms with Crippen molar-refractivity contribution in [2.75, 3.05) is 0 Å². The summed E-state index contributed by atoms with van der Waals surface area (Å²) >= 11 is 0. The van der Waals surface area contributed by atoms with Gasteiger partial charge in [-0.05, 0) is 48.3 Å². The third kappa shape index (κ3) is 3.92. The van der Waals surface area contributed by atoms with Gasteiger partial charge in [0.05, 0.1) is 5.69 Å². The monoisotopic (exact) mass is 259 g/mol. The second-order valence-corrected chi connectivity index (χ2v) is 7.66. The Balaban J connectivity index is 3.34. The quantitative estimate of drug-likeness (QED) is 0.570. The molecular weight excluding hydrogens is 230 g/mol. The van der Waals surface area contributed by atoms with Gasteiger partial charge in [0.1, 0.15) is 0 Å². The molecule has 0 spiro atoms. The number of rotatable bonds is 1. The zero-order valence-electron chi connectivity index (χ0n) is 14.1. The molecule has 0 N–H and O–H groups in total. The lowest BCUT2D eigenvalue weighted by molar-refractivity contribution is 0.586. The van der Waals surface area contributed by atoms with Crippen LogP contribution >= 0.6 is 0 Å². The molecule has 0 unspecified atom stereocenters. The molecular formula is C18H29N. The Labute approximate surface area is 119 Å². The fraction of sp³-hybridized carbons (Fsp3) is 0.611. The normalized spacial score (nSPS) is 13.8. The van der Waals surface area contributed by atoms with E-state index in [0.717, 1.165) is 5.69 Å². The van der Waals surface area contributed by atoms with E-state index in [9.17, 15) is 0 Å². The van der Waals surface area contributed by atoms with Crippen molar-refractivity contribution >= 4 is 11.4 Å². The first kappa shape index (κ1) is 15.9. The smallest absolute Gasteiger partial charge is 0.0687 e. The minimum absolute atomic E-state index is 0.127. The van der Waals surface area contributed by atoms with E-state index in [0.29, 0.717) is 0 Å². The van der Waals surface area contributed by atoms with Crippen LogP contribution in [0.5, 0.6) is 0 Å². The molecule has 0 aliphatic carbocycles. The Morgan fingerprint density at radius 1 is 0.895 bits per heavy atom. The molecule has 0 saturated heterocycles. The molecule has 0 radical (unpaired) electrons. The van der Waals surface area contributed by atoms with Crippen molar-refractivity contribution in [3.05, 3.63) is 28.8 Å². The Kier molecular flexibility index (Phi) is 4.29. The highest BCUT2D eigenvalue weighted by atomic mass is 14.8. The molecule has 0 aliphatic rings. The van der Waals surface area contributed by atoms with E-state index in [4.69, 9.17) is 4.99 Å². The van der Waals surface area contributed by atoms with Gasteiger partial charge in [0, 0.05) is 5.71 Å². The molecule has 106 valence electrons. The lowest BCUT2D eigenvalue weighted by Gasteiger charge is -2.23. The first-order chi connectivity index (χ1) is 8.43. The van der Waals surface area contributed by atoms with E-state index in [2.05, 4.69) is 74.4 Å². The highest BCUT2D eigenvalue weighted by Gasteiger charge is 2.18. The highest BCUT2D eigenvalue weighted by molar-refractivity contribution is 5.89. The average Bonchev–Trinajstić information content (AvgIpc) is 2.19. The van der Waals surface area contributed by atoms with Crippen molar-refractivity contribution < 1.29 is 0 Å². The van der Waals surface area contributed by atoms with Gasteiger partial charge in [-0.25, -0.2) is 0 Å². The summed E-state index contributed by atoms with van der Waals surface area (Å²) in [5.74, 6) is 0. The Morgan fingerprint density at radius 2 is 1.32 bits per heavy atom. The molecule has 0 aliphatic heterocycles. The molecule has 0 fully saturated rings. The first-order valence-electron chi connectivity index (χ1n) is 7.10. The van der Waals surface area contributed by atoms with E-state index >= 15 is 0 Å². The van der Waals surface area contributed by atoms with Crippen LogP contribution < -0.4 is 0 Å². The number of benzene rings is 1. The summed E-state index contributed by atoms with van der Waals surface area (Å²) in [5.41, 5.74) is 6.57. The van der Waals surface area contributed by atoms with Crippen LogP contribution in [-0.2, 0) is 5.41 Å². The summed E-state index contributed by atoms with van der Waals surface area (Å²) in [5, 5.41) is 0. The van der Waals surface area contributed by atoms with Crippen LogP contribution in [0.15, 0.2) is 17.1 Å². The molecule has 0 saturated carbocycles. The van der Waals surface area contributed by atoms with Crippen LogP contribution in [0.25, 0.3) is 0 Å². The number of hydrogen-bond acceptors (Lipinski definition) is 1. The number of nitrogens with zero attached hydrogens (tertiary/aromatic N) is 1. The number of aliphatic imine (C=N–C) groups is 1. The maximum Gasteiger partial charge on any atom is 0.0687 e. The molecule has 0 amide bonds. The first-order valence-corrected chi connectivity index (χ1v) is 7.10. The summed E-state index contributed by atoms with van der Waals surface area (Å²) in [6.07, 6.45) is 0. The van der Waals surface area contributed by atoms with Gasteiger partial charge < -0.3 is 0 Å². The van der Waals surface area contributed by atoms with Crippen molar-refractivity contribution in [3.8, 4) is 0 Å². The van der Waals surface area contributed by atoms with Gasteiger partial charge in [0.15, 0.2) is 0 Å². The van der Waals surface area contributed by atoms with Gasteiger partial charge in [0.25, 0.3) is 0 Å². The average molecular weight is 259 g/mol.